The van der Waals surface area contributed by atoms with Crippen LogP contribution < -0.4 is 0 Å². The van der Waals surface area contributed by atoms with Crippen molar-refractivity contribution >= 4 is 9.84 Å². The fourth-order valence-electron chi connectivity index (χ4n) is 2.90. The van der Waals surface area contributed by atoms with Gasteiger partial charge in [0, 0.05) is 17.1 Å². The first-order chi connectivity index (χ1) is 8.93. The van der Waals surface area contributed by atoms with Crippen LogP contribution in [0.1, 0.15) is 24.0 Å². The maximum atomic E-state index is 12.1. The molecule has 1 aromatic rings. The molecule has 0 heterocycles. The lowest BCUT2D eigenvalue weighted by Crippen LogP contribution is -2.23. The van der Waals surface area contributed by atoms with Crippen LogP contribution in [0.15, 0.2) is 24.3 Å². The second-order valence-electron chi connectivity index (χ2n) is 5.31. The number of hydrogen-bond donors (Lipinski definition) is 2. The van der Waals surface area contributed by atoms with Crippen LogP contribution in [0.2, 0.25) is 0 Å². The molecule has 2 N–H and O–H groups in total. The first-order valence-electron chi connectivity index (χ1n) is 6.43. The minimum absolute atomic E-state index is 0.0295. The van der Waals surface area contributed by atoms with Crippen LogP contribution in [0.4, 0.5) is 0 Å². The number of aliphatic hydroxyl groups is 2. The second-order valence-corrected chi connectivity index (χ2v) is 7.72. The Hall–Kier alpha value is -0.910. The molecular formula is C14H20O4S. The zero-order chi connectivity index (χ0) is 14.3. The second kappa shape index (κ2) is 4.89. The van der Waals surface area contributed by atoms with Gasteiger partial charge in [0.25, 0.3) is 0 Å². The van der Waals surface area contributed by atoms with Gasteiger partial charge in [-0.3, -0.25) is 0 Å². The van der Waals surface area contributed by atoms with Crippen LogP contribution >= 0.6 is 0 Å². The third-order valence-electron chi connectivity index (χ3n) is 4.19. The molecule has 0 amide bonds. The molecule has 2 rings (SSSR count). The van der Waals surface area contributed by atoms with Crippen molar-refractivity contribution in [3.63, 3.8) is 0 Å². The number of hydrogen-bond acceptors (Lipinski definition) is 4. The zero-order valence-corrected chi connectivity index (χ0v) is 12.0. The van der Waals surface area contributed by atoms with Gasteiger partial charge in [0.2, 0.25) is 0 Å². The summed E-state index contributed by atoms with van der Waals surface area (Å²) < 4.78 is 24.2. The number of aliphatic hydroxyl groups excluding tert-OH is 2. The van der Waals surface area contributed by atoms with Gasteiger partial charge >= 0.3 is 0 Å². The molecule has 19 heavy (non-hydrogen) atoms. The quantitative estimate of drug-likeness (QED) is 0.841. The Morgan fingerprint density at radius 3 is 2.11 bits per heavy atom. The third kappa shape index (κ3) is 2.20. The van der Waals surface area contributed by atoms with Gasteiger partial charge in [-0.2, -0.15) is 0 Å². The van der Waals surface area contributed by atoms with Crippen molar-refractivity contribution < 1.29 is 18.6 Å². The Bertz CT molecular complexity index is 543. The summed E-state index contributed by atoms with van der Waals surface area (Å²) in [5.41, 5.74) is 1.04. The van der Waals surface area contributed by atoms with E-state index in [1.807, 2.05) is 31.2 Å². The molecule has 1 saturated carbocycles. The first-order valence-corrected chi connectivity index (χ1v) is 8.14. The molecule has 1 aliphatic carbocycles. The molecule has 5 heteroatoms. The highest BCUT2D eigenvalue weighted by molar-refractivity contribution is 7.92. The van der Waals surface area contributed by atoms with Gasteiger partial charge in [-0.15, -0.1) is 0 Å². The molecule has 0 spiro atoms. The van der Waals surface area contributed by atoms with E-state index >= 15 is 0 Å². The van der Waals surface area contributed by atoms with Gasteiger partial charge in [-0.25, -0.2) is 8.42 Å². The van der Waals surface area contributed by atoms with E-state index < -0.39 is 20.5 Å². The average Bonchev–Trinajstić information content (AvgIpc) is 3.10. The number of sulfone groups is 1. The molecule has 0 bridgehead atoms. The van der Waals surface area contributed by atoms with E-state index in [1.54, 1.807) is 6.92 Å². The van der Waals surface area contributed by atoms with E-state index in [0.717, 1.165) is 11.1 Å². The molecule has 0 aliphatic heterocycles. The molecule has 2 atom stereocenters. The van der Waals surface area contributed by atoms with Gasteiger partial charge in [0.15, 0.2) is 9.84 Å². The highest BCUT2D eigenvalue weighted by Crippen LogP contribution is 2.62. The fourth-order valence-corrected chi connectivity index (χ4v) is 5.04. The molecule has 1 fully saturated rings. The largest absolute Gasteiger partial charge is 0.396 e. The topological polar surface area (TPSA) is 74.6 Å². The highest BCUT2D eigenvalue weighted by Gasteiger charge is 2.69. The van der Waals surface area contributed by atoms with Crippen LogP contribution in [-0.2, 0) is 9.84 Å². The maximum absolute atomic E-state index is 12.1. The minimum Gasteiger partial charge on any atom is -0.396 e. The predicted octanol–water partition coefficient (Wildman–Crippen LogP) is 0.867. The summed E-state index contributed by atoms with van der Waals surface area (Å²) in [6.45, 7) is 2.93. The summed E-state index contributed by atoms with van der Waals surface area (Å²) in [6, 6.07) is 7.60. The molecule has 0 unspecified atom stereocenters. The Morgan fingerprint density at radius 1 is 1.16 bits per heavy atom. The average molecular weight is 284 g/mol. The summed E-state index contributed by atoms with van der Waals surface area (Å²) in [7, 11) is -3.28. The van der Waals surface area contributed by atoms with Crippen molar-refractivity contribution in [3.8, 4) is 0 Å². The fraction of sp³-hybridized carbons (Fsp3) is 0.571. The number of aryl methyl sites for hydroxylation is 1. The van der Waals surface area contributed by atoms with E-state index in [9.17, 15) is 18.6 Å². The molecular weight excluding hydrogens is 264 g/mol. The van der Waals surface area contributed by atoms with Crippen molar-refractivity contribution in [2.24, 2.45) is 5.41 Å². The van der Waals surface area contributed by atoms with Crippen molar-refractivity contribution in [2.45, 2.75) is 25.0 Å². The first kappa shape index (κ1) is 14.5. The maximum Gasteiger partial charge on any atom is 0.154 e. The number of benzene rings is 1. The SMILES string of the molecule is CCS(=O)(=O)[C@H]1[C@H](c2ccc(C)cc2)C1(CO)CO. The highest BCUT2D eigenvalue weighted by atomic mass is 32.2. The summed E-state index contributed by atoms with van der Waals surface area (Å²) in [5, 5.41) is 18.4. The van der Waals surface area contributed by atoms with E-state index in [4.69, 9.17) is 0 Å². The van der Waals surface area contributed by atoms with Gasteiger partial charge < -0.3 is 10.2 Å². The van der Waals surface area contributed by atoms with E-state index in [1.165, 1.54) is 0 Å². The lowest BCUT2D eigenvalue weighted by atomic mass is 10.00. The standard InChI is InChI=1S/C14H20O4S/c1-3-19(17,18)13-12(14(13,8-15)9-16)11-6-4-10(2)5-7-11/h4-7,12-13,15-16H,3,8-9H2,1-2H3/t12-,13-/m0/s1. The van der Waals surface area contributed by atoms with Gasteiger partial charge in [-0.05, 0) is 12.5 Å². The van der Waals surface area contributed by atoms with Crippen molar-refractivity contribution in [1.29, 1.82) is 0 Å². The molecule has 0 saturated heterocycles. The molecule has 4 nitrogen and oxygen atoms in total. The van der Waals surface area contributed by atoms with Gasteiger partial charge in [0.1, 0.15) is 0 Å². The predicted molar refractivity (Wildman–Crippen MR) is 73.8 cm³/mol. The summed E-state index contributed by atoms with van der Waals surface area (Å²) >= 11 is 0. The minimum atomic E-state index is -3.28. The Labute approximate surface area is 114 Å². The zero-order valence-electron chi connectivity index (χ0n) is 11.2. The lowest BCUT2D eigenvalue weighted by molar-refractivity contribution is 0.130. The monoisotopic (exact) mass is 284 g/mol. The molecule has 1 aliphatic rings. The van der Waals surface area contributed by atoms with Gasteiger partial charge in [-0.1, -0.05) is 36.8 Å². The summed E-state index contributed by atoms with van der Waals surface area (Å²) in [4.78, 5) is 0. The van der Waals surface area contributed by atoms with E-state index in [2.05, 4.69) is 0 Å². The Balaban J connectivity index is 2.42. The Kier molecular flexibility index (Phi) is 3.73. The summed E-state index contributed by atoms with van der Waals surface area (Å²) in [6.07, 6.45) is 0. The Morgan fingerprint density at radius 2 is 1.68 bits per heavy atom. The summed E-state index contributed by atoms with van der Waals surface area (Å²) in [5.74, 6) is -0.282. The third-order valence-corrected chi connectivity index (χ3v) is 6.51. The number of rotatable bonds is 5. The van der Waals surface area contributed by atoms with E-state index in [0.29, 0.717) is 0 Å². The van der Waals surface area contributed by atoms with Crippen molar-refractivity contribution in [2.75, 3.05) is 19.0 Å². The van der Waals surface area contributed by atoms with Crippen LogP contribution in [0.3, 0.4) is 0 Å². The normalized spacial score (nSPS) is 25.3. The van der Waals surface area contributed by atoms with E-state index in [-0.39, 0.29) is 24.9 Å². The van der Waals surface area contributed by atoms with Crippen LogP contribution in [0, 0.1) is 12.3 Å². The molecule has 1 aromatic carbocycles. The van der Waals surface area contributed by atoms with Gasteiger partial charge in [0.05, 0.1) is 18.5 Å². The smallest absolute Gasteiger partial charge is 0.154 e. The molecule has 0 aromatic heterocycles. The van der Waals surface area contributed by atoms with Crippen molar-refractivity contribution in [3.05, 3.63) is 35.4 Å². The van der Waals surface area contributed by atoms with Crippen LogP contribution in [-0.4, -0.2) is 42.8 Å². The van der Waals surface area contributed by atoms with Crippen molar-refractivity contribution in [1.82, 2.24) is 0 Å². The molecule has 106 valence electrons. The molecule has 0 radical (unpaired) electrons. The van der Waals surface area contributed by atoms with Crippen LogP contribution in [0.5, 0.6) is 0 Å². The lowest BCUT2D eigenvalue weighted by Gasteiger charge is -2.10. The van der Waals surface area contributed by atoms with Crippen LogP contribution in [0.25, 0.3) is 0 Å².